The number of hydrogen-bond acceptors (Lipinski definition) is 3. The third kappa shape index (κ3) is 2.23. The molecular weight excluding hydrogens is 207 g/mol. The number of nitrogens with zero attached hydrogens (tertiary/aromatic N) is 2. The molecule has 80 valence electrons. The topological polar surface area (TPSA) is 45.5 Å². The van der Waals surface area contributed by atoms with Crippen molar-refractivity contribution in [1.82, 2.24) is 4.98 Å². The average Bonchev–Trinajstić information content (AvgIpc) is 2.30. The monoisotopic (exact) mass is 216 g/mol. The minimum Gasteiger partial charge on any atom is -0.411 e. The van der Waals surface area contributed by atoms with Crippen molar-refractivity contribution in [2.24, 2.45) is 5.16 Å². The van der Waals surface area contributed by atoms with Gasteiger partial charge in [-0.25, -0.2) is 4.39 Å². The van der Waals surface area contributed by atoms with Crippen molar-refractivity contribution in [3.05, 3.63) is 54.1 Å². The van der Waals surface area contributed by atoms with Crippen LogP contribution in [-0.4, -0.2) is 16.4 Å². The molecule has 0 amide bonds. The second-order valence-corrected chi connectivity index (χ2v) is 3.23. The van der Waals surface area contributed by atoms with E-state index in [1.54, 1.807) is 30.5 Å². The van der Waals surface area contributed by atoms with Crippen molar-refractivity contribution < 1.29 is 9.60 Å². The highest BCUT2D eigenvalue weighted by Crippen LogP contribution is 2.18. The van der Waals surface area contributed by atoms with E-state index in [2.05, 4.69) is 10.1 Å². The molecule has 1 heterocycles. The van der Waals surface area contributed by atoms with Crippen LogP contribution in [0.3, 0.4) is 0 Å². The Bertz CT molecular complexity index is 509. The normalized spacial score (nSPS) is 10.8. The van der Waals surface area contributed by atoms with Gasteiger partial charge in [0.15, 0.2) is 0 Å². The van der Waals surface area contributed by atoms with Crippen LogP contribution in [0.1, 0.15) is 5.69 Å². The molecule has 1 aromatic carbocycles. The largest absolute Gasteiger partial charge is 0.411 e. The zero-order valence-electron chi connectivity index (χ0n) is 8.34. The van der Waals surface area contributed by atoms with E-state index in [1.165, 1.54) is 18.3 Å². The van der Waals surface area contributed by atoms with Gasteiger partial charge >= 0.3 is 0 Å². The molecule has 0 fully saturated rings. The molecule has 0 radical (unpaired) electrons. The molecule has 3 nitrogen and oxygen atoms in total. The molecule has 0 saturated heterocycles. The Morgan fingerprint density at radius 3 is 2.69 bits per heavy atom. The summed E-state index contributed by atoms with van der Waals surface area (Å²) in [7, 11) is 0. The Balaban J connectivity index is 2.34. The molecule has 16 heavy (non-hydrogen) atoms. The first-order chi connectivity index (χ1) is 7.79. The van der Waals surface area contributed by atoms with E-state index in [4.69, 9.17) is 5.21 Å². The minimum atomic E-state index is -0.279. The molecule has 2 rings (SSSR count). The van der Waals surface area contributed by atoms with E-state index >= 15 is 0 Å². The summed E-state index contributed by atoms with van der Waals surface area (Å²) in [6.45, 7) is 0. The van der Waals surface area contributed by atoms with Crippen molar-refractivity contribution in [3.63, 3.8) is 0 Å². The third-order valence-corrected chi connectivity index (χ3v) is 2.13. The number of pyridine rings is 1. The van der Waals surface area contributed by atoms with Crippen molar-refractivity contribution in [2.75, 3.05) is 0 Å². The molecule has 2 aromatic rings. The first kappa shape index (κ1) is 10.3. The first-order valence-corrected chi connectivity index (χ1v) is 4.69. The zero-order chi connectivity index (χ0) is 11.4. The summed E-state index contributed by atoms with van der Waals surface area (Å²) in [5.74, 6) is -0.279. The Morgan fingerprint density at radius 1 is 1.19 bits per heavy atom. The van der Waals surface area contributed by atoms with E-state index in [0.29, 0.717) is 5.69 Å². The van der Waals surface area contributed by atoms with Crippen molar-refractivity contribution in [3.8, 4) is 11.1 Å². The van der Waals surface area contributed by atoms with Gasteiger partial charge in [-0.3, -0.25) is 4.98 Å². The Kier molecular flexibility index (Phi) is 2.91. The average molecular weight is 216 g/mol. The van der Waals surface area contributed by atoms with Crippen LogP contribution < -0.4 is 0 Å². The van der Waals surface area contributed by atoms with Gasteiger partial charge < -0.3 is 5.21 Å². The predicted octanol–water partition coefficient (Wildman–Crippen LogP) is 2.70. The third-order valence-electron chi connectivity index (χ3n) is 2.13. The van der Waals surface area contributed by atoms with Gasteiger partial charge in [-0.15, -0.1) is 0 Å². The molecule has 0 aliphatic heterocycles. The fourth-order valence-corrected chi connectivity index (χ4v) is 1.38. The van der Waals surface area contributed by atoms with E-state index < -0.39 is 0 Å². The SMILES string of the molecule is ON=Cc1ccc(-c2cccc(F)c2)cn1. The smallest absolute Gasteiger partial charge is 0.123 e. The first-order valence-electron chi connectivity index (χ1n) is 4.69. The van der Waals surface area contributed by atoms with Crippen LogP contribution in [-0.2, 0) is 0 Å². The summed E-state index contributed by atoms with van der Waals surface area (Å²) in [4.78, 5) is 4.04. The van der Waals surface area contributed by atoms with Gasteiger partial charge in [0.25, 0.3) is 0 Å². The van der Waals surface area contributed by atoms with Crippen LogP contribution in [0.25, 0.3) is 11.1 Å². The number of benzene rings is 1. The minimum absolute atomic E-state index is 0.279. The van der Waals surface area contributed by atoms with Gasteiger partial charge in [0, 0.05) is 11.8 Å². The second kappa shape index (κ2) is 4.53. The van der Waals surface area contributed by atoms with Crippen LogP contribution in [0.15, 0.2) is 47.8 Å². The molecule has 0 atom stereocenters. The van der Waals surface area contributed by atoms with E-state index in [9.17, 15) is 4.39 Å². The van der Waals surface area contributed by atoms with Crippen LogP contribution in [0, 0.1) is 5.82 Å². The molecule has 0 aliphatic carbocycles. The summed E-state index contributed by atoms with van der Waals surface area (Å²) in [6, 6.07) is 9.77. The number of hydrogen-bond donors (Lipinski definition) is 1. The molecule has 0 aliphatic rings. The second-order valence-electron chi connectivity index (χ2n) is 3.23. The van der Waals surface area contributed by atoms with Gasteiger partial charge in [0.2, 0.25) is 0 Å². The van der Waals surface area contributed by atoms with Crippen molar-refractivity contribution in [2.45, 2.75) is 0 Å². The summed E-state index contributed by atoms with van der Waals surface area (Å²) in [5.41, 5.74) is 2.12. The number of aromatic nitrogens is 1. The molecule has 1 N–H and O–H groups in total. The lowest BCUT2D eigenvalue weighted by molar-refractivity contribution is 0.321. The molecule has 0 bridgehead atoms. The van der Waals surface area contributed by atoms with Gasteiger partial charge in [-0.05, 0) is 23.8 Å². The maximum Gasteiger partial charge on any atom is 0.123 e. The number of rotatable bonds is 2. The molecular formula is C12H9FN2O. The van der Waals surface area contributed by atoms with E-state index in [1.807, 2.05) is 0 Å². The highest BCUT2D eigenvalue weighted by molar-refractivity contribution is 5.77. The Morgan fingerprint density at radius 2 is 2.06 bits per heavy atom. The van der Waals surface area contributed by atoms with Crippen LogP contribution in [0.2, 0.25) is 0 Å². The standard InChI is InChI=1S/C12H9FN2O/c13-11-3-1-2-9(6-11)10-4-5-12(8-15-16)14-7-10/h1-8,16H. The summed E-state index contributed by atoms with van der Waals surface area (Å²) < 4.78 is 13.0. The highest BCUT2D eigenvalue weighted by atomic mass is 19.1. The van der Waals surface area contributed by atoms with E-state index in [0.717, 1.165) is 11.1 Å². The molecule has 0 unspecified atom stereocenters. The maximum atomic E-state index is 13.0. The zero-order valence-corrected chi connectivity index (χ0v) is 8.34. The Labute approximate surface area is 91.9 Å². The molecule has 1 aromatic heterocycles. The lowest BCUT2D eigenvalue weighted by atomic mass is 10.1. The maximum absolute atomic E-state index is 13.0. The van der Waals surface area contributed by atoms with E-state index in [-0.39, 0.29) is 5.82 Å². The van der Waals surface area contributed by atoms with Gasteiger partial charge in [0.05, 0.1) is 11.9 Å². The highest BCUT2D eigenvalue weighted by Gasteiger charge is 1.99. The predicted molar refractivity (Wildman–Crippen MR) is 59.0 cm³/mol. The number of oxime groups is 1. The fraction of sp³-hybridized carbons (Fsp3) is 0. The molecule has 0 saturated carbocycles. The summed E-state index contributed by atoms with van der Waals surface area (Å²) in [5, 5.41) is 11.2. The van der Waals surface area contributed by atoms with Crippen molar-refractivity contribution >= 4 is 6.21 Å². The van der Waals surface area contributed by atoms with Crippen molar-refractivity contribution in [1.29, 1.82) is 0 Å². The Hall–Kier alpha value is -2.23. The quantitative estimate of drug-likeness (QED) is 0.476. The van der Waals surface area contributed by atoms with Crippen LogP contribution >= 0.6 is 0 Å². The van der Waals surface area contributed by atoms with Gasteiger partial charge in [-0.2, -0.15) is 0 Å². The number of halogens is 1. The lowest BCUT2D eigenvalue weighted by Crippen LogP contribution is -1.88. The summed E-state index contributed by atoms with van der Waals surface area (Å²) >= 11 is 0. The fourth-order valence-electron chi connectivity index (χ4n) is 1.38. The summed E-state index contributed by atoms with van der Waals surface area (Å²) in [6.07, 6.45) is 2.83. The molecule has 4 heteroatoms. The van der Waals surface area contributed by atoms with Gasteiger partial charge in [0.1, 0.15) is 5.82 Å². The van der Waals surface area contributed by atoms with Gasteiger partial charge in [-0.1, -0.05) is 23.4 Å². The molecule has 0 spiro atoms. The lowest BCUT2D eigenvalue weighted by Gasteiger charge is -2.01. The van der Waals surface area contributed by atoms with Crippen LogP contribution in [0.4, 0.5) is 4.39 Å². The van der Waals surface area contributed by atoms with Crippen LogP contribution in [0.5, 0.6) is 0 Å².